The van der Waals surface area contributed by atoms with Crippen molar-refractivity contribution < 1.29 is 46.2 Å². The number of ether oxygens (including phenoxy) is 2. The van der Waals surface area contributed by atoms with Crippen LogP contribution in [0.1, 0.15) is 67.1 Å². The molecule has 0 atom stereocenters. The summed E-state index contributed by atoms with van der Waals surface area (Å²) in [5.74, 6) is -4.67. The lowest BCUT2D eigenvalue weighted by Gasteiger charge is -2.18. The summed E-state index contributed by atoms with van der Waals surface area (Å²) in [6, 6.07) is 13.7. The first-order valence-corrected chi connectivity index (χ1v) is 15.7. The van der Waals surface area contributed by atoms with Crippen LogP contribution in [0, 0.1) is 23.3 Å². The Hall–Kier alpha value is -5.60. The van der Waals surface area contributed by atoms with Gasteiger partial charge >= 0.3 is 0 Å². The first-order chi connectivity index (χ1) is 24.1. The number of anilines is 4. The van der Waals surface area contributed by atoms with Crippen LogP contribution in [0.5, 0.6) is 0 Å². The van der Waals surface area contributed by atoms with E-state index in [1.807, 2.05) is 0 Å². The highest BCUT2D eigenvalue weighted by Gasteiger charge is 2.24. The summed E-state index contributed by atoms with van der Waals surface area (Å²) in [5.41, 5.74) is 0.712. The number of hydrogen-bond acceptors (Lipinski definition) is 6. The molecule has 0 spiro atoms. The maximum absolute atomic E-state index is 13.2. The van der Waals surface area contributed by atoms with Crippen molar-refractivity contribution >= 4 is 46.4 Å². The molecule has 4 aliphatic rings. The van der Waals surface area contributed by atoms with Crippen LogP contribution in [-0.4, -0.2) is 50.1 Å². The number of amides is 4. The third-order valence-electron chi connectivity index (χ3n) is 7.55. The average Bonchev–Trinajstić information content (AvgIpc) is 3.88. The van der Waals surface area contributed by atoms with E-state index in [1.54, 1.807) is 0 Å². The number of carbonyl (C=O) groups is 4. The highest BCUT2D eigenvalue weighted by molar-refractivity contribution is 6.19. The molecule has 0 aromatic heterocycles. The number of fused-ring (bicyclic) bond motifs is 4. The average molecular weight is 693 g/mol. The molecule has 50 heavy (non-hydrogen) atoms. The third-order valence-corrected chi connectivity index (χ3v) is 7.55. The van der Waals surface area contributed by atoms with Crippen molar-refractivity contribution in [3.63, 3.8) is 0 Å². The van der Waals surface area contributed by atoms with Crippen molar-refractivity contribution in [2.75, 3.05) is 47.7 Å². The number of carbonyl (C=O) groups excluding carboxylic acids is 4. The molecule has 0 aliphatic carbocycles. The van der Waals surface area contributed by atoms with E-state index in [2.05, 4.69) is 21.3 Å². The molecule has 14 heteroatoms. The van der Waals surface area contributed by atoms with E-state index >= 15 is 0 Å². The summed E-state index contributed by atoms with van der Waals surface area (Å²) in [5, 5.41) is 9.88. The molecular formula is C36H32F4N4O6. The Balaban J connectivity index is 0.000000152. The number of hydrogen-bond donors (Lipinski definition) is 4. The van der Waals surface area contributed by atoms with Gasteiger partial charge in [-0.15, -0.1) is 0 Å². The molecule has 0 radical (unpaired) electrons. The predicted octanol–water partition coefficient (Wildman–Crippen LogP) is 7.16. The van der Waals surface area contributed by atoms with Crippen LogP contribution in [0.4, 0.5) is 40.3 Å². The molecule has 0 bridgehead atoms. The lowest BCUT2D eigenvalue weighted by atomic mass is 10.1. The highest BCUT2D eigenvalue weighted by Crippen LogP contribution is 2.27. The van der Waals surface area contributed by atoms with Gasteiger partial charge in [-0.2, -0.15) is 0 Å². The minimum atomic E-state index is -0.590. The van der Waals surface area contributed by atoms with Crippen LogP contribution in [0.25, 0.3) is 0 Å². The number of benzene rings is 4. The van der Waals surface area contributed by atoms with Crippen molar-refractivity contribution in [3.05, 3.63) is 118 Å². The van der Waals surface area contributed by atoms with Gasteiger partial charge in [-0.1, -0.05) is 0 Å². The largest absolute Gasteiger partial charge is 0.381 e. The number of rotatable bonds is 0. The lowest BCUT2D eigenvalue weighted by molar-refractivity contribution is 0.0999. The van der Waals surface area contributed by atoms with Crippen LogP contribution in [-0.2, 0) is 9.47 Å². The smallest absolute Gasteiger partial charge is 0.257 e. The minimum Gasteiger partial charge on any atom is -0.381 e. The second kappa shape index (κ2) is 16.7. The Labute approximate surface area is 284 Å². The fourth-order valence-electron chi connectivity index (χ4n) is 5.03. The van der Waals surface area contributed by atoms with E-state index in [0.29, 0.717) is 0 Å². The summed E-state index contributed by atoms with van der Waals surface area (Å²) in [6.07, 6.45) is 5.11. The third kappa shape index (κ3) is 9.30. The zero-order valence-electron chi connectivity index (χ0n) is 26.5. The van der Waals surface area contributed by atoms with E-state index < -0.39 is 46.9 Å². The van der Waals surface area contributed by atoms with Crippen molar-refractivity contribution in [1.82, 2.24) is 0 Å². The summed E-state index contributed by atoms with van der Waals surface area (Å²) in [7, 11) is 0. The van der Waals surface area contributed by atoms with Crippen LogP contribution in [0.15, 0.2) is 72.8 Å². The molecule has 0 unspecified atom stereocenters. The van der Waals surface area contributed by atoms with Crippen LogP contribution in [0.2, 0.25) is 0 Å². The Morgan fingerprint density at radius 2 is 0.600 bits per heavy atom. The number of halogens is 4. The van der Waals surface area contributed by atoms with E-state index in [9.17, 15) is 36.7 Å². The molecule has 4 aliphatic heterocycles. The molecule has 0 saturated carbocycles. The first kappa shape index (κ1) is 35.7. The van der Waals surface area contributed by atoms with Crippen LogP contribution >= 0.6 is 0 Å². The molecule has 260 valence electrons. The lowest BCUT2D eigenvalue weighted by Crippen LogP contribution is -2.24. The molecular weight excluding hydrogens is 660 g/mol. The fraction of sp³-hybridized carbons (Fsp3) is 0.222. The van der Waals surface area contributed by atoms with Crippen molar-refractivity contribution in [3.8, 4) is 0 Å². The summed E-state index contributed by atoms with van der Waals surface area (Å²) < 4.78 is 62.7. The molecule has 8 rings (SSSR count). The van der Waals surface area contributed by atoms with Crippen molar-refractivity contribution in [1.29, 1.82) is 0 Å². The van der Waals surface area contributed by atoms with Gasteiger partial charge in [0.15, 0.2) is 0 Å². The monoisotopic (exact) mass is 692 g/mol. The van der Waals surface area contributed by atoms with Gasteiger partial charge in [-0.3, -0.25) is 19.2 Å². The molecule has 4 N–H and O–H groups in total. The van der Waals surface area contributed by atoms with Gasteiger partial charge in [-0.25, -0.2) is 17.6 Å². The van der Waals surface area contributed by atoms with Gasteiger partial charge < -0.3 is 30.7 Å². The zero-order valence-corrected chi connectivity index (χ0v) is 26.5. The van der Waals surface area contributed by atoms with Gasteiger partial charge in [-0.05, 0) is 98.5 Å². The van der Waals surface area contributed by atoms with Gasteiger partial charge in [0.1, 0.15) is 23.3 Å². The van der Waals surface area contributed by atoms with Crippen LogP contribution in [0.3, 0.4) is 0 Å². The molecule has 2 fully saturated rings. The van der Waals surface area contributed by atoms with Crippen LogP contribution < -0.4 is 21.3 Å². The van der Waals surface area contributed by atoms with E-state index in [1.165, 1.54) is 49.9 Å². The Morgan fingerprint density at radius 3 is 0.780 bits per heavy atom. The number of nitrogens with one attached hydrogen (secondary N) is 4. The Bertz CT molecular complexity index is 1630. The highest BCUT2D eigenvalue weighted by atomic mass is 19.1. The summed E-state index contributed by atoms with van der Waals surface area (Å²) in [4.78, 5) is 48.2. The van der Waals surface area contributed by atoms with E-state index in [-0.39, 0.29) is 45.0 Å². The van der Waals surface area contributed by atoms with E-state index in [0.717, 1.165) is 75.0 Å². The van der Waals surface area contributed by atoms with Crippen molar-refractivity contribution in [2.45, 2.75) is 25.7 Å². The molecule has 4 aromatic carbocycles. The zero-order chi connectivity index (χ0) is 35.6. The standard InChI is InChI=1S/2C14H8F2N2O2.2C4H8O/c2*15-7-1-3-11-9(5-7)13(19)18-12-4-2-8(16)6-10(12)14(20)17-11;2*1-2-4-5-3-1/h2*1-6H,(H,17,20)(H,18,19);2*1-4H2. The summed E-state index contributed by atoms with van der Waals surface area (Å²) in [6.45, 7) is 4.00. The first-order valence-electron chi connectivity index (χ1n) is 15.7. The minimum absolute atomic E-state index is 0.00771. The molecule has 2 saturated heterocycles. The van der Waals surface area contributed by atoms with Crippen molar-refractivity contribution in [2.24, 2.45) is 0 Å². The van der Waals surface area contributed by atoms with Gasteiger partial charge in [0.25, 0.3) is 23.6 Å². The van der Waals surface area contributed by atoms with Gasteiger partial charge in [0.05, 0.1) is 45.0 Å². The Morgan fingerprint density at radius 1 is 0.380 bits per heavy atom. The maximum atomic E-state index is 13.2. The maximum Gasteiger partial charge on any atom is 0.257 e. The molecule has 4 heterocycles. The van der Waals surface area contributed by atoms with Gasteiger partial charge in [0, 0.05) is 26.4 Å². The fourth-order valence-corrected chi connectivity index (χ4v) is 5.03. The summed E-state index contributed by atoms with van der Waals surface area (Å²) >= 11 is 0. The predicted molar refractivity (Wildman–Crippen MR) is 178 cm³/mol. The van der Waals surface area contributed by atoms with Gasteiger partial charge in [0.2, 0.25) is 0 Å². The quantitative estimate of drug-likeness (QED) is 0.145. The SMILES string of the molecule is C1CCOC1.C1CCOC1.O=C1Nc2ccc(F)cc2C(=O)Nc2ccc(F)cc21.O=C1Nc2ccc(F)cc2C(=O)Nc2ccc(F)cc21. The molecule has 10 nitrogen and oxygen atoms in total. The topological polar surface area (TPSA) is 135 Å². The molecule has 4 amide bonds. The Kier molecular flexibility index (Phi) is 11.9. The second-order valence-electron chi connectivity index (χ2n) is 11.2. The van der Waals surface area contributed by atoms with E-state index in [4.69, 9.17) is 9.47 Å². The normalized spacial score (nSPS) is 15.6. The second-order valence-corrected chi connectivity index (χ2v) is 11.2. The molecule has 4 aromatic rings.